The summed E-state index contributed by atoms with van der Waals surface area (Å²) in [6.45, 7) is 3.78. The number of nitrogens with one attached hydrogen (secondary N) is 1. The van der Waals surface area contributed by atoms with Crippen LogP contribution in [0, 0.1) is 13.8 Å². The van der Waals surface area contributed by atoms with Crippen LogP contribution in [0.2, 0.25) is 10.0 Å². The molecule has 0 unspecified atom stereocenters. The zero-order chi connectivity index (χ0) is 25.8. The van der Waals surface area contributed by atoms with Gasteiger partial charge in [-0.1, -0.05) is 40.2 Å². The molecule has 2 aromatic carbocycles. The van der Waals surface area contributed by atoms with E-state index >= 15 is 0 Å². The number of amides is 1. The third-order valence-electron chi connectivity index (χ3n) is 4.93. The van der Waals surface area contributed by atoms with Gasteiger partial charge in [-0.25, -0.2) is 19.4 Å². The summed E-state index contributed by atoms with van der Waals surface area (Å²) in [5, 5.41) is 12.5. The number of esters is 1. The largest absolute Gasteiger partial charge is 0.465 e. The van der Waals surface area contributed by atoms with E-state index in [2.05, 4.69) is 25.6 Å². The number of halogens is 2. The van der Waals surface area contributed by atoms with Crippen LogP contribution in [0.4, 0.5) is 5.69 Å². The van der Waals surface area contributed by atoms with Gasteiger partial charge in [0, 0.05) is 32.9 Å². The molecule has 0 aliphatic heterocycles. The van der Waals surface area contributed by atoms with E-state index in [1.165, 1.54) is 23.6 Å². The van der Waals surface area contributed by atoms with E-state index in [0.29, 0.717) is 43.6 Å². The van der Waals surface area contributed by atoms with E-state index in [-0.39, 0.29) is 5.69 Å². The molecule has 0 aliphatic carbocycles. The number of hydrogen-bond donors (Lipinski definition) is 1. The third-order valence-corrected chi connectivity index (χ3v) is 6.23. The smallest absolute Gasteiger partial charge is 0.337 e. The summed E-state index contributed by atoms with van der Waals surface area (Å²) < 4.78 is 6.22. The molecule has 0 atom stereocenters. The van der Waals surface area contributed by atoms with Crippen LogP contribution >= 0.6 is 35.0 Å². The van der Waals surface area contributed by atoms with Gasteiger partial charge >= 0.3 is 5.97 Å². The first kappa shape index (κ1) is 25.6. The van der Waals surface area contributed by atoms with Crippen molar-refractivity contribution in [2.45, 2.75) is 24.8 Å². The van der Waals surface area contributed by atoms with Crippen molar-refractivity contribution in [3.63, 3.8) is 0 Å². The van der Waals surface area contributed by atoms with Crippen LogP contribution in [-0.2, 0) is 10.5 Å². The lowest BCUT2D eigenvalue weighted by Gasteiger charge is -2.10. The van der Waals surface area contributed by atoms with Crippen molar-refractivity contribution in [1.29, 1.82) is 0 Å². The summed E-state index contributed by atoms with van der Waals surface area (Å²) in [4.78, 5) is 33.8. The molecule has 4 aromatic rings. The SMILES string of the molecule is COC(=O)c1ccc(NC(=O)c2nnn(-c3cc(Cl)cc(Cl)c3)c2CSc2nc(C)cc(C)n2)cc1. The lowest BCUT2D eigenvalue weighted by molar-refractivity contribution is 0.0600. The molecule has 1 amide bonds. The number of anilines is 1. The Morgan fingerprint density at radius 2 is 1.64 bits per heavy atom. The Hall–Kier alpha value is -3.47. The summed E-state index contributed by atoms with van der Waals surface area (Å²) in [5.74, 6) is -0.648. The van der Waals surface area contributed by atoms with Gasteiger partial charge in [0.2, 0.25) is 0 Å². The minimum absolute atomic E-state index is 0.111. The van der Waals surface area contributed by atoms with Crippen molar-refractivity contribution in [2.24, 2.45) is 0 Å². The van der Waals surface area contributed by atoms with Crippen molar-refractivity contribution in [2.75, 3.05) is 12.4 Å². The second-order valence-electron chi connectivity index (χ2n) is 7.67. The Kier molecular flexibility index (Phi) is 7.88. The number of benzene rings is 2. The average molecular weight is 543 g/mol. The molecule has 0 fully saturated rings. The monoisotopic (exact) mass is 542 g/mol. The van der Waals surface area contributed by atoms with Gasteiger partial charge in [-0.15, -0.1) is 5.10 Å². The minimum Gasteiger partial charge on any atom is -0.465 e. The topological polar surface area (TPSA) is 112 Å². The zero-order valence-electron chi connectivity index (χ0n) is 19.5. The van der Waals surface area contributed by atoms with Crippen molar-refractivity contribution in [3.8, 4) is 5.69 Å². The normalized spacial score (nSPS) is 10.8. The molecule has 0 spiro atoms. The van der Waals surface area contributed by atoms with Gasteiger partial charge in [-0.3, -0.25) is 4.79 Å². The molecule has 0 bridgehead atoms. The maximum absolute atomic E-state index is 13.2. The number of ether oxygens (including phenoxy) is 1. The Morgan fingerprint density at radius 1 is 1.00 bits per heavy atom. The lowest BCUT2D eigenvalue weighted by Crippen LogP contribution is -2.15. The highest BCUT2D eigenvalue weighted by Gasteiger charge is 2.22. The Labute approximate surface area is 221 Å². The van der Waals surface area contributed by atoms with Crippen LogP contribution in [0.3, 0.4) is 0 Å². The van der Waals surface area contributed by atoms with E-state index in [9.17, 15) is 9.59 Å². The highest BCUT2D eigenvalue weighted by atomic mass is 35.5. The predicted molar refractivity (Wildman–Crippen MR) is 138 cm³/mol. The maximum Gasteiger partial charge on any atom is 0.337 e. The number of rotatable bonds is 7. The highest BCUT2D eigenvalue weighted by Crippen LogP contribution is 2.27. The standard InChI is InChI=1S/C24H20Cl2N6O3S/c1-13-8-14(2)28-24(27-13)36-12-20-21(30-31-32(20)19-10-16(25)9-17(26)11-19)22(33)29-18-6-4-15(5-7-18)23(34)35-3/h4-11H,12H2,1-3H3,(H,29,33). The molecule has 4 rings (SSSR count). The van der Waals surface area contributed by atoms with Gasteiger partial charge in [-0.05, 0) is 62.4 Å². The Morgan fingerprint density at radius 3 is 2.25 bits per heavy atom. The number of nitrogens with zero attached hydrogens (tertiary/aromatic N) is 5. The number of hydrogen-bond acceptors (Lipinski definition) is 8. The van der Waals surface area contributed by atoms with Gasteiger partial charge in [0.05, 0.1) is 24.1 Å². The van der Waals surface area contributed by atoms with E-state index in [1.54, 1.807) is 42.5 Å². The summed E-state index contributed by atoms with van der Waals surface area (Å²) in [5.41, 5.74) is 3.69. The second kappa shape index (κ2) is 11.1. The number of aromatic nitrogens is 5. The van der Waals surface area contributed by atoms with Crippen LogP contribution in [0.25, 0.3) is 5.69 Å². The fourth-order valence-electron chi connectivity index (χ4n) is 3.37. The first-order valence-corrected chi connectivity index (χ1v) is 12.3. The summed E-state index contributed by atoms with van der Waals surface area (Å²) >= 11 is 13.7. The zero-order valence-corrected chi connectivity index (χ0v) is 21.8. The molecular weight excluding hydrogens is 523 g/mol. The molecule has 1 N–H and O–H groups in total. The average Bonchev–Trinajstić information content (AvgIpc) is 3.26. The van der Waals surface area contributed by atoms with E-state index < -0.39 is 11.9 Å². The van der Waals surface area contributed by atoms with Crippen molar-refractivity contribution < 1.29 is 14.3 Å². The molecule has 0 aliphatic rings. The fraction of sp³-hybridized carbons (Fsp3) is 0.167. The van der Waals surface area contributed by atoms with Crippen LogP contribution in [-0.4, -0.2) is 43.9 Å². The van der Waals surface area contributed by atoms with Crippen LogP contribution < -0.4 is 5.32 Å². The van der Waals surface area contributed by atoms with Gasteiger partial charge < -0.3 is 10.1 Å². The molecule has 36 heavy (non-hydrogen) atoms. The van der Waals surface area contributed by atoms with Crippen LogP contribution in [0.15, 0.2) is 53.7 Å². The number of carbonyl (C=O) groups is 2. The maximum atomic E-state index is 13.2. The first-order valence-electron chi connectivity index (χ1n) is 10.6. The molecule has 0 radical (unpaired) electrons. The molecule has 12 heteroatoms. The molecule has 9 nitrogen and oxygen atoms in total. The summed E-state index contributed by atoms with van der Waals surface area (Å²) in [7, 11) is 1.30. The Balaban J connectivity index is 1.66. The summed E-state index contributed by atoms with van der Waals surface area (Å²) in [6.07, 6.45) is 0. The molecule has 2 heterocycles. The van der Waals surface area contributed by atoms with E-state index in [0.717, 1.165) is 11.4 Å². The Bertz CT molecular complexity index is 1400. The van der Waals surface area contributed by atoms with E-state index in [1.807, 2.05) is 19.9 Å². The number of thioether (sulfide) groups is 1. The van der Waals surface area contributed by atoms with Crippen LogP contribution in [0.1, 0.15) is 37.9 Å². The van der Waals surface area contributed by atoms with Crippen molar-refractivity contribution in [3.05, 3.63) is 86.9 Å². The number of aryl methyl sites for hydroxylation is 2. The minimum atomic E-state index is -0.475. The van der Waals surface area contributed by atoms with Gasteiger partial charge in [0.25, 0.3) is 5.91 Å². The van der Waals surface area contributed by atoms with Crippen LogP contribution in [0.5, 0.6) is 0 Å². The van der Waals surface area contributed by atoms with Gasteiger partial charge in [-0.2, -0.15) is 0 Å². The quantitative estimate of drug-likeness (QED) is 0.190. The molecule has 184 valence electrons. The number of methoxy groups -OCH3 is 1. The van der Waals surface area contributed by atoms with E-state index in [4.69, 9.17) is 27.9 Å². The van der Waals surface area contributed by atoms with Crippen molar-refractivity contribution >= 4 is 52.5 Å². The predicted octanol–water partition coefficient (Wildman–Crippen LogP) is 5.31. The number of carbonyl (C=O) groups excluding carboxylic acids is 2. The fourth-order valence-corrected chi connectivity index (χ4v) is 4.82. The molecule has 0 saturated carbocycles. The lowest BCUT2D eigenvalue weighted by atomic mass is 10.2. The molecule has 2 aromatic heterocycles. The molecular formula is C24H20Cl2N6O3S. The van der Waals surface area contributed by atoms with Gasteiger partial charge in [0.15, 0.2) is 10.9 Å². The molecule has 0 saturated heterocycles. The second-order valence-corrected chi connectivity index (χ2v) is 9.48. The third kappa shape index (κ3) is 6.01. The summed E-state index contributed by atoms with van der Waals surface area (Å²) in [6, 6.07) is 13.2. The highest BCUT2D eigenvalue weighted by molar-refractivity contribution is 7.98. The van der Waals surface area contributed by atoms with Crippen molar-refractivity contribution in [1.82, 2.24) is 25.0 Å². The van der Waals surface area contributed by atoms with Gasteiger partial charge in [0.1, 0.15) is 0 Å². The first-order chi connectivity index (χ1) is 17.2.